The molecule has 1 fully saturated rings. The highest BCUT2D eigenvalue weighted by atomic mass is 16.3. The molecular weight excluding hydrogens is 290 g/mol. The number of hydrogen-bond donors (Lipinski definition) is 3. The van der Waals surface area contributed by atoms with Gasteiger partial charge in [-0.1, -0.05) is 36.8 Å². The van der Waals surface area contributed by atoms with E-state index in [9.17, 15) is 9.90 Å². The third-order valence-corrected chi connectivity index (χ3v) is 4.38. The summed E-state index contributed by atoms with van der Waals surface area (Å²) in [5.41, 5.74) is 2.25. The molecule has 0 aliphatic carbocycles. The second-order valence-corrected chi connectivity index (χ2v) is 6.69. The van der Waals surface area contributed by atoms with Gasteiger partial charge in [0.15, 0.2) is 0 Å². The maximum atomic E-state index is 11.8. The topological polar surface area (TPSA) is 64.6 Å². The number of hydrogen-bond acceptors (Lipinski definition) is 3. The third-order valence-electron chi connectivity index (χ3n) is 4.38. The number of aliphatic hydroxyl groups excluding tert-OH is 1. The Morgan fingerprint density at radius 3 is 2.78 bits per heavy atom. The quantitative estimate of drug-likeness (QED) is 0.750. The lowest BCUT2D eigenvalue weighted by Gasteiger charge is -2.31. The monoisotopic (exact) mass is 319 g/mol. The number of piperidine rings is 1. The average Bonchev–Trinajstić information content (AvgIpc) is 2.53. The van der Waals surface area contributed by atoms with Gasteiger partial charge in [-0.05, 0) is 44.3 Å². The van der Waals surface area contributed by atoms with Crippen molar-refractivity contribution in [3.05, 3.63) is 35.4 Å². The van der Waals surface area contributed by atoms with Crippen LogP contribution >= 0.6 is 0 Å². The number of aryl methyl sites for hydroxylation is 1. The lowest BCUT2D eigenvalue weighted by molar-refractivity contribution is 0.0920. The van der Waals surface area contributed by atoms with Gasteiger partial charge in [0.25, 0.3) is 0 Å². The first-order valence-corrected chi connectivity index (χ1v) is 8.50. The third kappa shape index (κ3) is 6.59. The van der Waals surface area contributed by atoms with Crippen LogP contribution in [0.25, 0.3) is 0 Å². The van der Waals surface area contributed by atoms with E-state index in [1.54, 1.807) is 0 Å². The van der Waals surface area contributed by atoms with Crippen LogP contribution in [0.5, 0.6) is 0 Å². The summed E-state index contributed by atoms with van der Waals surface area (Å²) in [4.78, 5) is 14.1. The first kappa shape index (κ1) is 17.8. The Morgan fingerprint density at radius 1 is 1.35 bits per heavy atom. The number of amides is 2. The number of carbonyl (C=O) groups is 1. The second kappa shape index (κ2) is 8.89. The summed E-state index contributed by atoms with van der Waals surface area (Å²) in [6.45, 7) is 7.79. The molecule has 1 heterocycles. The highest BCUT2D eigenvalue weighted by Crippen LogP contribution is 2.15. The second-order valence-electron chi connectivity index (χ2n) is 6.69. The number of nitrogens with one attached hydrogen (secondary N) is 2. The van der Waals surface area contributed by atoms with E-state index < -0.39 is 6.10 Å². The summed E-state index contributed by atoms with van der Waals surface area (Å²) in [5, 5.41) is 15.6. The summed E-state index contributed by atoms with van der Waals surface area (Å²) < 4.78 is 0. The number of urea groups is 1. The first-order chi connectivity index (χ1) is 11.0. The van der Waals surface area contributed by atoms with Gasteiger partial charge < -0.3 is 20.6 Å². The lowest BCUT2D eigenvalue weighted by atomic mass is 9.99. The molecule has 0 saturated carbocycles. The van der Waals surface area contributed by atoms with E-state index in [2.05, 4.69) is 22.5 Å². The molecule has 1 aromatic carbocycles. The van der Waals surface area contributed by atoms with Gasteiger partial charge in [-0.25, -0.2) is 4.79 Å². The molecule has 1 aliphatic heterocycles. The fourth-order valence-corrected chi connectivity index (χ4v) is 2.88. The number of likely N-dealkylation sites (tertiary alicyclic amines) is 1. The molecule has 128 valence electrons. The van der Waals surface area contributed by atoms with E-state index in [-0.39, 0.29) is 12.6 Å². The fourth-order valence-electron chi connectivity index (χ4n) is 2.88. The normalized spacial score (nSPS) is 17.7. The van der Waals surface area contributed by atoms with E-state index in [1.807, 2.05) is 31.2 Å². The van der Waals surface area contributed by atoms with Crippen molar-refractivity contribution in [2.24, 2.45) is 5.92 Å². The van der Waals surface area contributed by atoms with Crippen molar-refractivity contribution >= 4 is 6.03 Å². The molecule has 2 rings (SSSR count). The molecule has 2 amide bonds. The smallest absolute Gasteiger partial charge is 0.315 e. The molecule has 1 unspecified atom stereocenters. The molecule has 5 nitrogen and oxygen atoms in total. The van der Waals surface area contributed by atoms with Crippen LogP contribution in [-0.2, 0) is 6.54 Å². The zero-order valence-electron chi connectivity index (χ0n) is 14.2. The standard InChI is InChI=1S/C18H29N3O2/c1-14-6-8-21(9-7-14)13-17(22)12-20-18(23)19-11-16-5-3-4-15(2)10-16/h3-5,10,14,17,22H,6-9,11-13H2,1-2H3,(H2,19,20,23). The van der Waals surface area contributed by atoms with Crippen molar-refractivity contribution < 1.29 is 9.90 Å². The predicted octanol–water partition coefficient (Wildman–Crippen LogP) is 1.89. The van der Waals surface area contributed by atoms with Crippen molar-refractivity contribution in [1.29, 1.82) is 0 Å². The summed E-state index contributed by atoms with van der Waals surface area (Å²) in [6, 6.07) is 7.80. The number of β-amino-alcohol motifs (C(OH)–C–C–N with tert-alkyl or cyclic N) is 1. The summed E-state index contributed by atoms with van der Waals surface area (Å²) >= 11 is 0. The highest BCUT2D eigenvalue weighted by molar-refractivity contribution is 5.73. The molecule has 1 atom stereocenters. The number of benzene rings is 1. The summed E-state index contributed by atoms with van der Waals surface area (Å²) in [6.07, 6.45) is 1.86. The van der Waals surface area contributed by atoms with Crippen molar-refractivity contribution in [2.45, 2.75) is 39.3 Å². The zero-order valence-corrected chi connectivity index (χ0v) is 14.2. The van der Waals surface area contributed by atoms with Crippen LogP contribution in [0, 0.1) is 12.8 Å². The number of rotatable bonds is 6. The fraction of sp³-hybridized carbons (Fsp3) is 0.611. The van der Waals surface area contributed by atoms with Crippen LogP contribution in [0.1, 0.15) is 30.9 Å². The van der Waals surface area contributed by atoms with Gasteiger partial charge in [-0.2, -0.15) is 0 Å². The van der Waals surface area contributed by atoms with Crippen molar-refractivity contribution in [1.82, 2.24) is 15.5 Å². The largest absolute Gasteiger partial charge is 0.390 e. The molecule has 1 saturated heterocycles. The van der Waals surface area contributed by atoms with Crippen LogP contribution in [0.15, 0.2) is 24.3 Å². The molecular formula is C18H29N3O2. The van der Waals surface area contributed by atoms with Crippen LogP contribution < -0.4 is 10.6 Å². The predicted molar refractivity (Wildman–Crippen MR) is 92.3 cm³/mol. The molecule has 3 N–H and O–H groups in total. The van der Waals surface area contributed by atoms with E-state index in [1.165, 1.54) is 18.4 Å². The minimum Gasteiger partial charge on any atom is -0.390 e. The SMILES string of the molecule is Cc1cccc(CNC(=O)NCC(O)CN2CCC(C)CC2)c1. The Kier molecular flexibility index (Phi) is 6.86. The van der Waals surface area contributed by atoms with Gasteiger partial charge in [0.1, 0.15) is 0 Å². The van der Waals surface area contributed by atoms with Gasteiger partial charge in [0, 0.05) is 19.6 Å². The Balaban J connectivity index is 1.62. The number of aliphatic hydroxyl groups is 1. The molecule has 0 spiro atoms. The Hall–Kier alpha value is -1.59. The van der Waals surface area contributed by atoms with Crippen molar-refractivity contribution in [2.75, 3.05) is 26.2 Å². The van der Waals surface area contributed by atoms with Gasteiger partial charge in [-0.3, -0.25) is 0 Å². The maximum absolute atomic E-state index is 11.8. The van der Waals surface area contributed by atoms with Gasteiger partial charge in [-0.15, -0.1) is 0 Å². The Bertz CT molecular complexity index is 499. The Labute approximate surface area is 139 Å². The van der Waals surface area contributed by atoms with Gasteiger partial charge >= 0.3 is 6.03 Å². The first-order valence-electron chi connectivity index (χ1n) is 8.50. The average molecular weight is 319 g/mol. The molecule has 1 aliphatic rings. The van der Waals surface area contributed by atoms with E-state index in [4.69, 9.17) is 0 Å². The number of nitrogens with zero attached hydrogens (tertiary/aromatic N) is 1. The van der Waals surface area contributed by atoms with Gasteiger partial charge in [0.2, 0.25) is 0 Å². The minimum absolute atomic E-state index is 0.238. The van der Waals surface area contributed by atoms with Crippen LogP contribution in [0.3, 0.4) is 0 Å². The van der Waals surface area contributed by atoms with E-state index in [0.29, 0.717) is 13.1 Å². The highest BCUT2D eigenvalue weighted by Gasteiger charge is 2.18. The molecule has 0 bridgehead atoms. The molecule has 5 heteroatoms. The molecule has 1 aromatic rings. The minimum atomic E-state index is -0.520. The maximum Gasteiger partial charge on any atom is 0.315 e. The number of carbonyl (C=O) groups excluding carboxylic acids is 1. The van der Waals surface area contributed by atoms with Crippen LogP contribution in [0.4, 0.5) is 4.79 Å². The van der Waals surface area contributed by atoms with Crippen molar-refractivity contribution in [3.8, 4) is 0 Å². The summed E-state index contributed by atoms with van der Waals surface area (Å²) in [5.74, 6) is 0.786. The Morgan fingerprint density at radius 2 is 2.09 bits per heavy atom. The molecule has 0 aromatic heterocycles. The summed E-state index contributed by atoms with van der Waals surface area (Å²) in [7, 11) is 0. The van der Waals surface area contributed by atoms with Gasteiger partial charge in [0.05, 0.1) is 6.10 Å². The molecule has 0 radical (unpaired) electrons. The lowest BCUT2D eigenvalue weighted by Crippen LogP contribution is -2.45. The van der Waals surface area contributed by atoms with Crippen molar-refractivity contribution in [3.63, 3.8) is 0 Å². The van der Waals surface area contributed by atoms with Crippen LogP contribution in [-0.4, -0.2) is 48.3 Å². The molecule has 23 heavy (non-hydrogen) atoms. The zero-order chi connectivity index (χ0) is 16.7. The van der Waals surface area contributed by atoms with Crippen LogP contribution in [0.2, 0.25) is 0 Å². The van der Waals surface area contributed by atoms with E-state index >= 15 is 0 Å². The van der Waals surface area contributed by atoms with E-state index in [0.717, 1.165) is 24.6 Å².